The quantitative estimate of drug-likeness (QED) is 0.332. The van der Waals surface area contributed by atoms with E-state index in [-0.39, 0.29) is 0 Å². The van der Waals surface area contributed by atoms with Crippen LogP contribution in [0.1, 0.15) is 59.9 Å². The predicted octanol–water partition coefficient (Wildman–Crippen LogP) is 8.86. The molecule has 0 amide bonds. The number of benzene rings is 3. The summed E-state index contributed by atoms with van der Waals surface area (Å²) in [6.07, 6.45) is 3.58. The number of aryl methyl sites for hydroxylation is 1. The van der Waals surface area contributed by atoms with E-state index in [1.165, 1.54) is 59.9 Å². The molecule has 0 aliphatic heterocycles. The first kappa shape index (κ1) is 19.3. The Kier molecular flexibility index (Phi) is 4.83. The van der Waals surface area contributed by atoms with Crippen molar-refractivity contribution in [2.75, 3.05) is 0 Å². The molecule has 2 heteroatoms. The van der Waals surface area contributed by atoms with E-state index in [9.17, 15) is 0 Å². The van der Waals surface area contributed by atoms with Crippen molar-refractivity contribution in [3.63, 3.8) is 0 Å². The van der Waals surface area contributed by atoms with Crippen molar-refractivity contribution in [1.82, 2.24) is 0 Å². The maximum Gasteiger partial charge on any atom is 0.0178 e. The van der Waals surface area contributed by atoms with Gasteiger partial charge < -0.3 is 0 Å². The summed E-state index contributed by atoms with van der Waals surface area (Å²) in [6, 6.07) is 20.3. The lowest BCUT2D eigenvalue weighted by molar-refractivity contribution is 0.453. The van der Waals surface area contributed by atoms with E-state index >= 15 is 0 Å². The zero-order valence-corrected chi connectivity index (χ0v) is 20.1. The molecule has 0 aromatic heterocycles. The van der Waals surface area contributed by atoms with E-state index in [0.717, 1.165) is 0 Å². The summed E-state index contributed by atoms with van der Waals surface area (Å²) in [5.74, 6) is 1.49. The number of hydrogen-bond acceptors (Lipinski definition) is 0. The number of fused-ring (bicyclic) bond motifs is 4. The summed E-state index contributed by atoms with van der Waals surface area (Å²) >= 11 is 7.42. The first-order valence-corrected chi connectivity index (χ1v) is 11.9. The van der Waals surface area contributed by atoms with Gasteiger partial charge in [-0.05, 0) is 89.4 Å². The third kappa shape index (κ3) is 3.16. The van der Waals surface area contributed by atoms with Crippen LogP contribution in [0.3, 0.4) is 0 Å². The SMILES string of the molecule is CC1=Cc2c(C)cccc2C1CC(C)C1c2cc(Br)ccc2-c2ccc(Br)cc21. The molecule has 3 aromatic rings. The zero-order chi connectivity index (χ0) is 20.3. The van der Waals surface area contributed by atoms with Crippen molar-refractivity contribution < 1.29 is 0 Å². The Balaban J connectivity index is 1.55. The predicted molar refractivity (Wildman–Crippen MR) is 130 cm³/mol. The summed E-state index contributed by atoms with van der Waals surface area (Å²) in [5, 5.41) is 0. The molecular formula is C27H24Br2. The third-order valence-electron chi connectivity index (χ3n) is 6.82. The van der Waals surface area contributed by atoms with Crippen LogP contribution >= 0.6 is 31.9 Å². The van der Waals surface area contributed by atoms with Crippen molar-refractivity contribution in [3.8, 4) is 11.1 Å². The summed E-state index contributed by atoms with van der Waals surface area (Å²) in [5.41, 5.74) is 11.6. The Morgan fingerprint density at radius 3 is 2.07 bits per heavy atom. The molecule has 0 spiro atoms. The average Bonchev–Trinajstić information content (AvgIpc) is 3.16. The molecule has 29 heavy (non-hydrogen) atoms. The Bertz CT molecular complexity index is 1100. The second-order valence-corrected chi connectivity index (χ2v) is 10.5. The first-order chi connectivity index (χ1) is 13.9. The molecule has 2 aliphatic carbocycles. The van der Waals surface area contributed by atoms with Crippen LogP contribution in [-0.4, -0.2) is 0 Å². The van der Waals surface area contributed by atoms with E-state index in [4.69, 9.17) is 0 Å². The average molecular weight is 508 g/mol. The molecule has 0 nitrogen and oxygen atoms in total. The van der Waals surface area contributed by atoms with Crippen LogP contribution in [0.2, 0.25) is 0 Å². The molecule has 0 radical (unpaired) electrons. The fourth-order valence-corrected chi connectivity index (χ4v) is 6.21. The topological polar surface area (TPSA) is 0 Å². The minimum Gasteiger partial charge on any atom is -0.0652 e. The van der Waals surface area contributed by atoms with Crippen LogP contribution in [0, 0.1) is 12.8 Å². The highest BCUT2D eigenvalue weighted by Crippen LogP contribution is 2.52. The third-order valence-corrected chi connectivity index (χ3v) is 7.81. The van der Waals surface area contributed by atoms with Gasteiger partial charge in [-0.25, -0.2) is 0 Å². The fourth-order valence-electron chi connectivity index (χ4n) is 5.45. The zero-order valence-electron chi connectivity index (χ0n) is 17.0. The molecule has 2 atom stereocenters. The number of hydrogen-bond donors (Lipinski definition) is 0. The molecular weight excluding hydrogens is 484 g/mol. The van der Waals surface area contributed by atoms with Gasteiger partial charge in [0, 0.05) is 20.8 Å². The van der Waals surface area contributed by atoms with Gasteiger partial charge in [0.1, 0.15) is 0 Å². The van der Waals surface area contributed by atoms with Gasteiger partial charge in [0.15, 0.2) is 0 Å². The van der Waals surface area contributed by atoms with Crippen LogP contribution in [0.15, 0.2) is 69.1 Å². The fraction of sp³-hybridized carbons (Fsp3) is 0.259. The maximum absolute atomic E-state index is 3.71. The van der Waals surface area contributed by atoms with E-state index in [1.807, 2.05) is 0 Å². The standard InChI is InChI=1S/C27H24Br2/c1-15-5-4-6-20-23(15)11-16(2)24(20)12-17(3)27-25-13-18(28)7-9-21(25)22-10-8-19(29)14-26(22)27/h4-11,13-14,17,24,27H,12H2,1-3H3. The van der Waals surface area contributed by atoms with Gasteiger partial charge in [-0.3, -0.25) is 0 Å². The van der Waals surface area contributed by atoms with Gasteiger partial charge in [0.2, 0.25) is 0 Å². The summed E-state index contributed by atoms with van der Waals surface area (Å²) in [6.45, 7) is 6.97. The van der Waals surface area contributed by atoms with Gasteiger partial charge in [-0.1, -0.05) is 80.8 Å². The smallest absolute Gasteiger partial charge is 0.0178 e. The summed E-state index contributed by atoms with van der Waals surface area (Å²) in [4.78, 5) is 0. The highest BCUT2D eigenvalue weighted by Gasteiger charge is 2.35. The van der Waals surface area contributed by atoms with Crippen molar-refractivity contribution in [1.29, 1.82) is 0 Å². The molecule has 2 aliphatic rings. The van der Waals surface area contributed by atoms with Crippen molar-refractivity contribution in [2.45, 2.75) is 39.0 Å². The largest absolute Gasteiger partial charge is 0.0652 e. The van der Waals surface area contributed by atoms with Crippen LogP contribution in [0.4, 0.5) is 0 Å². The Morgan fingerprint density at radius 2 is 1.45 bits per heavy atom. The minimum absolute atomic E-state index is 0.427. The summed E-state index contributed by atoms with van der Waals surface area (Å²) < 4.78 is 2.33. The van der Waals surface area contributed by atoms with Crippen LogP contribution in [0.25, 0.3) is 17.2 Å². The van der Waals surface area contributed by atoms with E-state index in [1.54, 1.807) is 0 Å². The van der Waals surface area contributed by atoms with Gasteiger partial charge in [-0.15, -0.1) is 0 Å². The Hall–Kier alpha value is -1.64. The van der Waals surface area contributed by atoms with Gasteiger partial charge >= 0.3 is 0 Å². The van der Waals surface area contributed by atoms with E-state index < -0.39 is 0 Å². The molecule has 0 heterocycles. The Morgan fingerprint density at radius 1 is 0.828 bits per heavy atom. The van der Waals surface area contributed by atoms with Crippen molar-refractivity contribution in [2.24, 2.45) is 5.92 Å². The lowest BCUT2D eigenvalue weighted by atomic mass is 9.77. The minimum atomic E-state index is 0.427. The van der Waals surface area contributed by atoms with Gasteiger partial charge in [0.05, 0.1) is 0 Å². The molecule has 0 saturated carbocycles. The van der Waals surface area contributed by atoms with E-state index in [0.29, 0.717) is 17.8 Å². The molecule has 0 fully saturated rings. The van der Waals surface area contributed by atoms with Gasteiger partial charge in [0.25, 0.3) is 0 Å². The van der Waals surface area contributed by atoms with Crippen LogP contribution in [-0.2, 0) is 0 Å². The number of halogens is 2. The van der Waals surface area contributed by atoms with Crippen LogP contribution < -0.4 is 0 Å². The maximum atomic E-state index is 3.71. The molecule has 3 aromatic carbocycles. The monoisotopic (exact) mass is 506 g/mol. The highest BCUT2D eigenvalue weighted by atomic mass is 79.9. The molecule has 0 saturated heterocycles. The number of allylic oxidation sites excluding steroid dienone is 1. The molecule has 146 valence electrons. The molecule has 5 rings (SSSR count). The molecule has 2 unspecified atom stereocenters. The lowest BCUT2D eigenvalue weighted by Crippen LogP contribution is -2.13. The van der Waals surface area contributed by atoms with Crippen molar-refractivity contribution >= 4 is 37.9 Å². The second-order valence-electron chi connectivity index (χ2n) is 8.67. The van der Waals surface area contributed by atoms with Gasteiger partial charge in [-0.2, -0.15) is 0 Å². The molecule has 0 N–H and O–H groups in total. The molecule has 0 bridgehead atoms. The van der Waals surface area contributed by atoms with Crippen molar-refractivity contribution in [3.05, 3.63) is 96.9 Å². The normalized spacial score (nSPS) is 18.2. The Labute approximate surface area is 190 Å². The second kappa shape index (κ2) is 7.25. The first-order valence-electron chi connectivity index (χ1n) is 10.3. The highest BCUT2D eigenvalue weighted by molar-refractivity contribution is 9.10. The lowest BCUT2D eigenvalue weighted by Gasteiger charge is -2.26. The van der Waals surface area contributed by atoms with Crippen LogP contribution in [0.5, 0.6) is 0 Å². The number of rotatable bonds is 3. The van der Waals surface area contributed by atoms with E-state index in [2.05, 4.69) is 113 Å². The summed E-state index contributed by atoms with van der Waals surface area (Å²) in [7, 11) is 0.